The first-order valence-corrected chi connectivity index (χ1v) is 10.7. The van der Waals surface area contributed by atoms with E-state index in [9.17, 15) is 4.39 Å². The second kappa shape index (κ2) is 11.6. The standard InChI is InChI=1S/C20H29FN6S.HI/c1-4-22-20(25-12-16-11-24-18(28-16)10-14(2)3)26-15-7-9-27(13-15)19-17(21)6-5-8-23-19;/h5-6,8,11,14-15H,4,7,9-10,12-13H2,1-3H3,(H2,22,25,26);1H. The van der Waals surface area contributed by atoms with Crippen molar-refractivity contribution >= 4 is 47.1 Å². The molecule has 1 unspecified atom stereocenters. The Balaban J connectivity index is 0.00000300. The molecule has 1 atom stereocenters. The van der Waals surface area contributed by atoms with Crippen molar-refractivity contribution in [2.75, 3.05) is 24.5 Å². The van der Waals surface area contributed by atoms with Gasteiger partial charge in [0.2, 0.25) is 0 Å². The van der Waals surface area contributed by atoms with Gasteiger partial charge in [-0.2, -0.15) is 0 Å². The van der Waals surface area contributed by atoms with Crippen LogP contribution in [0.25, 0.3) is 0 Å². The van der Waals surface area contributed by atoms with Crippen LogP contribution >= 0.6 is 35.3 Å². The molecule has 0 spiro atoms. The molecule has 0 bridgehead atoms. The highest BCUT2D eigenvalue weighted by atomic mass is 127. The van der Waals surface area contributed by atoms with Crippen LogP contribution in [-0.2, 0) is 13.0 Å². The predicted octanol–water partition coefficient (Wildman–Crippen LogP) is 3.83. The van der Waals surface area contributed by atoms with Crippen LogP contribution in [0.5, 0.6) is 0 Å². The van der Waals surface area contributed by atoms with Crippen molar-refractivity contribution in [2.45, 2.75) is 46.2 Å². The quantitative estimate of drug-likeness (QED) is 0.323. The summed E-state index contributed by atoms with van der Waals surface area (Å²) in [4.78, 5) is 16.5. The maximum Gasteiger partial charge on any atom is 0.191 e. The molecule has 160 valence electrons. The van der Waals surface area contributed by atoms with Crippen LogP contribution in [-0.4, -0.2) is 41.6 Å². The Morgan fingerprint density at radius 2 is 2.24 bits per heavy atom. The van der Waals surface area contributed by atoms with E-state index in [1.165, 1.54) is 11.1 Å². The lowest BCUT2D eigenvalue weighted by Crippen LogP contribution is -2.44. The van der Waals surface area contributed by atoms with Gasteiger partial charge in [-0.3, -0.25) is 0 Å². The zero-order valence-corrected chi connectivity index (χ0v) is 20.3. The summed E-state index contributed by atoms with van der Waals surface area (Å²) in [6, 6.07) is 3.28. The van der Waals surface area contributed by atoms with Crippen molar-refractivity contribution in [3.05, 3.63) is 40.2 Å². The van der Waals surface area contributed by atoms with Crippen LogP contribution < -0.4 is 15.5 Å². The molecule has 1 saturated heterocycles. The van der Waals surface area contributed by atoms with Crippen LogP contribution in [0.1, 0.15) is 37.1 Å². The molecule has 0 saturated carbocycles. The molecule has 2 N–H and O–H groups in total. The van der Waals surface area contributed by atoms with E-state index in [-0.39, 0.29) is 35.8 Å². The number of hydrogen-bond donors (Lipinski definition) is 2. The molecule has 2 aromatic rings. The van der Waals surface area contributed by atoms with Gasteiger partial charge in [-0.05, 0) is 31.4 Å². The highest BCUT2D eigenvalue weighted by Gasteiger charge is 2.25. The maximum absolute atomic E-state index is 14.0. The lowest BCUT2D eigenvalue weighted by Gasteiger charge is -2.19. The molecule has 9 heteroatoms. The Kier molecular flexibility index (Phi) is 9.54. The van der Waals surface area contributed by atoms with Crippen molar-refractivity contribution < 1.29 is 4.39 Å². The monoisotopic (exact) mass is 532 g/mol. The zero-order valence-electron chi connectivity index (χ0n) is 17.2. The lowest BCUT2D eigenvalue weighted by molar-refractivity contribution is 0.612. The van der Waals surface area contributed by atoms with Crippen LogP contribution in [0.3, 0.4) is 0 Å². The Morgan fingerprint density at radius 3 is 2.97 bits per heavy atom. The number of nitrogens with one attached hydrogen (secondary N) is 2. The van der Waals surface area contributed by atoms with Crippen LogP contribution in [0.15, 0.2) is 29.5 Å². The van der Waals surface area contributed by atoms with Crippen molar-refractivity contribution in [1.29, 1.82) is 0 Å². The zero-order chi connectivity index (χ0) is 19.9. The van der Waals surface area contributed by atoms with Gasteiger partial charge in [0.15, 0.2) is 17.6 Å². The molecule has 1 aliphatic rings. The van der Waals surface area contributed by atoms with Gasteiger partial charge in [0.1, 0.15) is 0 Å². The molecule has 0 aromatic carbocycles. The van der Waals surface area contributed by atoms with E-state index in [1.807, 2.05) is 11.1 Å². The van der Waals surface area contributed by atoms with Gasteiger partial charge >= 0.3 is 0 Å². The molecule has 0 amide bonds. The van der Waals surface area contributed by atoms with Crippen molar-refractivity contribution in [1.82, 2.24) is 20.6 Å². The van der Waals surface area contributed by atoms with Gasteiger partial charge < -0.3 is 15.5 Å². The summed E-state index contributed by atoms with van der Waals surface area (Å²) in [6.45, 7) is 9.34. The van der Waals surface area contributed by atoms with Gasteiger partial charge in [0, 0.05) is 49.4 Å². The van der Waals surface area contributed by atoms with Crippen molar-refractivity contribution in [3.8, 4) is 0 Å². The number of nitrogens with zero attached hydrogens (tertiary/aromatic N) is 4. The van der Waals surface area contributed by atoms with E-state index in [4.69, 9.17) is 4.99 Å². The van der Waals surface area contributed by atoms with E-state index in [0.29, 0.717) is 24.8 Å². The number of guanidine groups is 1. The number of hydrogen-bond acceptors (Lipinski definition) is 5. The summed E-state index contributed by atoms with van der Waals surface area (Å²) < 4.78 is 14.0. The molecule has 3 heterocycles. The fourth-order valence-corrected chi connectivity index (χ4v) is 4.27. The fourth-order valence-electron chi connectivity index (χ4n) is 3.22. The number of rotatable bonds is 7. The first kappa shape index (κ1) is 23.8. The Bertz CT molecular complexity index is 797. The summed E-state index contributed by atoms with van der Waals surface area (Å²) in [5.41, 5.74) is 0. The first-order chi connectivity index (χ1) is 13.5. The van der Waals surface area contributed by atoms with Gasteiger partial charge in [0.25, 0.3) is 0 Å². The van der Waals surface area contributed by atoms with Gasteiger partial charge in [-0.1, -0.05) is 13.8 Å². The molecule has 3 rings (SSSR count). The third-order valence-corrected chi connectivity index (χ3v) is 5.49. The van der Waals surface area contributed by atoms with Gasteiger partial charge in [0.05, 0.1) is 11.6 Å². The number of thiazole rings is 1. The highest BCUT2D eigenvalue weighted by Crippen LogP contribution is 2.21. The maximum atomic E-state index is 14.0. The second-order valence-electron chi connectivity index (χ2n) is 7.40. The summed E-state index contributed by atoms with van der Waals surface area (Å²) in [5, 5.41) is 7.94. The van der Waals surface area contributed by atoms with Gasteiger partial charge in [-0.25, -0.2) is 19.4 Å². The lowest BCUT2D eigenvalue weighted by atomic mass is 10.1. The van der Waals surface area contributed by atoms with E-state index < -0.39 is 0 Å². The Hall–Kier alpha value is -1.49. The van der Waals surface area contributed by atoms with E-state index in [0.717, 1.165) is 36.8 Å². The largest absolute Gasteiger partial charge is 0.357 e. The Morgan fingerprint density at radius 1 is 1.41 bits per heavy atom. The molecular formula is C20H30FIN6S. The topological polar surface area (TPSA) is 65.4 Å². The third kappa shape index (κ3) is 7.06. The normalized spacial score (nSPS) is 16.8. The number of anilines is 1. The first-order valence-electron chi connectivity index (χ1n) is 9.89. The van der Waals surface area contributed by atoms with E-state index in [1.54, 1.807) is 23.6 Å². The molecule has 0 aliphatic carbocycles. The molecular weight excluding hydrogens is 502 g/mol. The second-order valence-corrected chi connectivity index (χ2v) is 8.60. The highest BCUT2D eigenvalue weighted by molar-refractivity contribution is 14.0. The SMILES string of the molecule is CCNC(=NCc1cnc(CC(C)C)s1)NC1CCN(c2ncccc2F)C1.I. The summed E-state index contributed by atoms with van der Waals surface area (Å²) in [5.74, 6) is 1.55. The number of halogens is 2. The Labute approximate surface area is 193 Å². The molecule has 1 aliphatic heterocycles. The average Bonchev–Trinajstić information content (AvgIpc) is 3.29. The predicted molar refractivity (Wildman–Crippen MR) is 129 cm³/mol. The molecule has 2 aromatic heterocycles. The van der Waals surface area contributed by atoms with E-state index in [2.05, 4.69) is 41.4 Å². The van der Waals surface area contributed by atoms with Gasteiger partial charge in [-0.15, -0.1) is 35.3 Å². The summed E-state index contributed by atoms with van der Waals surface area (Å²) >= 11 is 1.73. The smallest absolute Gasteiger partial charge is 0.191 e. The number of aromatic nitrogens is 2. The van der Waals surface area contributed by atoms with E-state index >= 15 is 0 Å². The van der Waals surface area contributed by atoms with Crippen LogP contribution in [0.4, 0.5) is 10.2 Å². The summed E-state index contributed by atoms with van der Waals surface area (Å²) in [6.07, 6.45) is 5.48. The average molecular weight is 532 g/mol. The minimum absolute atomic E-state index is 0. The van der Waals surface area contributed by atoms with Crippen LogP contribution in [0.2, 0.25) is 0 Å². The van der Waals surface area contributed by atoms with Crippen molar-refractivity contribution in [3.63, 3.8) is 0 Å². The molecule has 0 radical (unpaired) electrons. The minimum atomic E-state index is -0.272. The third-order valence-electron chi connectivity index (χ3n) is 4.49. The summed E-state index contributed by atoms with van der Waals surface area (Å²) in [7, 11) is 0. The fraction of sp³-hybridized carbons (Fsp3) is 0.550. The molecule has 29 heavy (non-hydrogen) atoms. The molecule has 1 fully saturated rings. The molecule has 6 nitrogen and oxygen atoms in total. The number of pyridine rings is 1. The van der Waals surface area contributed by atoms with Crippen molar-refractivity contribution in [2.24, 2.45) is 10.9 Å². The minimum Gasteiger partial charge on any atom is -0.357 e. The van der Waals surface area contributed by atoms with Crippen LogP contribution in [0, 0.1) is 11.7 Å². The number of aliphatic imine (C=N–C) groups is 1.